The quantitative estimate of drug-likeness (QED) is 0.768. The Bertz CT molecular complexity index is 281. The SMILES string of the molecule is Nc1ccc(CCOC(F)(F)F)cc1. The predicted octanol–water partition coefficient (Wildman–Crippen LogP) is 2.35. The van der Waals surface area contributed by atoms with Crippen LogP contribution in [0.4, 0.5) is 18.9 Å². The minimum absolute atomic E-state index is 0.222. The van der Waals surface area contributed by atoms with Crippen molar-refractivity contribution in [3.63, 3.8) is 0 Å². The van der Waals surface area contributed by atoms with Gasteiger partial charge in [0.15, 0.2) is 0 Å². The van der Waals surface area contributed by atoms with Crippen molar-refractivity contribution in [2.75, 3.05) is 12.3 Å². The zero-order valence-corrected chi connectivity index (χ0v) is 7.34. The van der Waals surface area contributed by atoms with Crippen LogP contribution in [0, 0.1) is 0 Å². The smallest absolute Gasteiger partial charge is 0.399 e. The first-order valence-electron chi connectivity index (χ1n) is 4.02. The van der Waals surface area contributed by atoms with Crippen molar-refractivity contribution in [1.82, 2.24) is 0 Å². The van der Waals surface area contributed by atoms with Crippen LogP contribution in [0.3, 0.4) is 0 Å². The molecule has 2 N–H and O–H groups in total. The average Bonchev–Trinajstić information content (AvgIpc) is 2.06. The summed E-state index contributed by atoms with van der Waals surface area (Å²) in [5, 5.41) is 0. The molecule has 0 spiro atoms. The molecular formula is C9H10F3NO. The van der Waals surface area contributed by atoms with E-state index in [2.05, 4.69) is 4.74 Å². The Morgan fingerprint density at radius 2 is 1.71 bits per heavy atom. The fourth-order valence-electron chi connectivity index (χ4n) is 0.969. The number of nitrogens with two attached hydrogens (primary N) is 1. The Balaban J connectivity index is 2.35. The van der Waals surface area contributed by atoms with Gasteiger partial charge in [-0.05, 0) is 24.1 Å². The molecule has 1 aromatic rings. The first-order valence-corrected chi connectivity index (χ1v) is 4.02. The van der Waals surface area contributed by atoms with E-state index in [0.717, 1.165) is 5.56 Å². The highest BCUT2D eigenvalue weighted by Crippen LogP contribution is 2.16. The van der Waals surface area contributed by atoms with Crippen molar-refractivity contribution in [3.8, 4) is 0 Å². The summed E-state index contributed by atoms with van der Waals surface area (Å²) in [5.41, 5.74) is 6.77. The van der Waals surface area contributed by atoms with Crippen molar-refractivity contribution >= 4 is 5.69 Å². The van der Waals surface area contributed by atoms with Crippen LogP contribution < -0.4 is 5.73 Å². The molecule has 0 bridgehead atoms. The van der Waals surface area contributed by atoms with Crippen LogP contribution in [0.1, 0.15) is 5.56 Å². The summed E-state index contributed by atoms with van der Waals surface area (Å²) in [6, 6.07) is 6.63. The zero-order chi connectivity index (χ0) is 10.6. The molecule has 0 saturated heterocycles. The van der Waals surface area contributed by atoms with Gasteiger partial charge in [-0.25, -0.2) is 0 Å². The summed E-state index contributed by atoms with van der Waals surface area (Å²) >= 11 is 0. The summed E-state index contributed by atoms with van der Waals surface area (Å²) in [6.07, 6.45) is -4.33. The largest absolute Gasteiger partial charge is 0.522 e. The minimum atomic E-state index is -4.55. The molecule has 0 aliphatic heterocycles. The molecule has 0 heterocycles. The number of alkyl halides is 3. The molecule has 0 fully saturated rings. The molecule has 0 aliphatic carbocycles. The van der Waals surface area contributed by atoms with Crippen LogP contribution in [-0.4, -0.2) is 13.0 Å². The zero-order valence-electron chi connectivity index (χ0n) is 7.34. The van der Waals surface area contributed by atoms with Crippen molar-refractivity contribution in [1.29, 1.82) is 0 Å². The number of hydrogen-bond donors (Lipinski definition) is 1. The first-order chi connectivity index (χ1) is 6.47. The predicted molar refractivity (Wildman–Crippen MR) is 46.6 cm³/mol. The second-order valence-corrected chi connectivity index (χ2v) is 2.79. The molecule has 0 aliphatic rings. The second-order valence-electron chi connectivity index (χ2n) is 2.79. The number of ether oxygens (including phenoxy) is 1. The van der Waals surface area contributed by atoms with Gasteiger partial charge in [-0.1, -0.05) is 12.1 Å². The van der Waals surface area contributed by atoms with E-state index in [-0.39, 0.29) is 13.0 Å². The van der Waals surface area contributed by atoms with Crippen molar-refractivity contribution in [2.45, 2.75) is 12.8 Å². The molecule has 5 heteroatoms. The van der Waals surface area contributed by atoms with Crippen LogP contribution in [-0.2, 0) is 11.2 Å². The maximum absolute atomic E-state index is 11.6. The first kappa shape index (κ1) is 10.8. The Morgan fingerprint density at radius 1 is 1.14 bits per heavy atom. The van der Waals surface area contributed by atoms with E-state index in [4.69, 9.17) is 5.73 Å². The second kappa shape index (κ2) is 4.32. The number of anilines is 1. The summed E-state index contributed by atoms with van der Waals surface area (Å²) in [7, 11) is 0. The summed E-state index contributed by atoms with van der Waals surface area (Å²) in [4.78, 5) is 0. The minimum Gasteiger partial charge on any atom is -0.399 e. The van der Waals surface area contributed by atoms with E-state index < -0.39 is 6.36 Å². The maximum Gasteiger partial charge on any atom is 0.522 e. The highest BCUT2D eigenvalue weighted by Gasteiger charge is 2.28. The number of halogens is 3. The van der Waals surface area contributed by atoms with Gasteiger partial charge in [0.1, 0.15) is 0 Å². The summed E-state index contributed by atoms with van der Waals surface area (Å²) in [5.74, 6) is 0. The Morgan fingerprint density at radius 3 is 2.21 bits per heavy atom. The monoisotopic (exact) mass is 205 g/mol. The third-order valence-electron chi connectivity index (χ3n) is 1.64. The highest BCUT2D eigenvalue weighted by atomic mass is 19.4. The molecule has 1 aromatic carbocycles. The molecule has 1 rings (SSSR count). The lowest BCUT2D eigenvalue weighted by Gasteiger charge is -2.06. The van der Waals surface area contributed by atoms with Crippen LogP contribution in [0.5, 0.6) is 0 Å². The highest BCUT2D eigenvalue weighted by molar-refractivity contribution is 5.39. The van der Waals surface area contributed by atoms with Gasteiger partial charge < -0.3 is 5.73 Å². The van der Waals surface area contributed by atoms with E-state index in [0.29, 0.717) is 5.69 Å². The Hall–Kier alpha value is -1.23. The number of nitrogen functional groups attached to an aromatic ring is 1. The molecule has 78 valence electrons. The van der Waals surface area contributed by atoms with Gasteiger partial charge in [0, 0.05) is 5.69 Å². The van der Waals surface area contributed by atoms with Crippen molar-refractivity contribution in [3.05, 3.63) is 29.8 Å². The molecule has 0 atom stereocenters. The maximum atomic E-state index is 11.6. The van der Waals surface area contributed by atoms with Crippen LogP contribution >= 0.6 is 0 Å². The van der Waals surface area contributed by atoms with Gasteiger partial charge in [-0.2, -0.15) is 0 Å². The fraction of sp³-hybridized carbons (Fsp3) is 0.333. The van der Waals surface area contributed by atoms with Gasteiger partial charge in [0.25, 0.3) is 0 Å². The van der Waals surface area contributed by atoms with Gasteiger partial charge in [-0.15, -0.1) is 13.2 Å². The van der Waals surface area contributed by atoms with Crippen LogP contribution in [0.25, 0.3) is 0 Å². The normalized spacial score (nSPS) is 11.6. The summed E-state index contributed by atoms with van der Waals surface area (Å²) in [6.45, 7) is -0.368. The van der Waals surface area contributed by atoms with E-state index in [1.165, 1.54) is 0 Å². The number of rotatable bonds is 3. The van der Waals surface area contributed by atoms with E-state index in [1.807, 2.05) is 0 Å². The van der Waals surface area contributed by atoms with E-state index in [1.54, 1.807) is 24.3 Å². The van der Waals surface area contributed by atoms with Gasteiger partial charge in [0.05, 0.1) is 6.61 Å². The Labute approximate surface area is 79.5 Å². The molecular weight excluding hydrogens is 195 g/mol. The molecule has 0 amide bonds. The molecule has 0 saturated carbocycles. The average molecular weight is 205 g/mol. The van der Waals surface area contributed by atoms with Crippen LogP contribution in [0.2, 0.25) is 0 Å². The number of benzene rings is 1. The van der Waals surface area contributed by atoms with Gasteiger partial charge in [-0.3, -0.25) is 4.74 Å². The lowest BCUT2D eigenvalue weighted by atomic mass is 10.1. The van der Waals surface area contributed by atoms with Crippen molar-refractivity contribution < 1.29 is 17.9 Å². The lowest BCUT2D eigenvalue weighted by molar-refractivity contribution is -0.324. The number of hydrogen-bond acceptors (Lipinski definition) is 2. The third-order valence-corrected chi connectivity index (χ3v) is 1.64. The van der Waals surface area contributed by atoms with Crippen LogP contribution in [0.15, 0.2) is 24.3 Å². The molecule has 14 heavy (non-hydrogen) atoms. The third kappa shape index (κ3) is 4.13. The van der Waals surface area contributed by atoms with Gasteiger partial charge >= 0.3 is 6.36 Å². The topological polar surface area (TPSA) is 35.2 Å². The summed E-state index contributed by atoms with van der Waals surface area (Å²) < 4.78 is 38.4. The standard InChI is InChI=1S/C9H10F3NO/c10-9(11,12)14-6-5-7-1-3-8(13)4-2-7/h1-4H,5-6,13H2. The van der Waals surface area contributed by atoms with Gasteiger partial charge in [0.2, 0.25) is 0 Å². The molecule has 2 nitrogen and oxygen atoms in total. The lowest BCUT2D eigenvalue weighted by Crippen LogP contribution is -2.15. The van der Waals surface area contributed by atoms with Crippen molar-refractivity contribution in [2.24, 2.45) is 0 Å². The molecule has 0 unspecified atom stereocenters. The van der Waals surface area contributed by atoms with E-state index >= 15 is 0 Å². The molecule has 0 radical (unpaired) electrons. The Kier molecular flexibility index (Phi) is 3.35. The molecule has 0 aromatic heterocycles. The fourth-order valence-corrected chi connectivity index (χ4v) is 0.969. The van der Waals surface area contributed by atoms with E-state index in [9.17, 15) is 13.2 Å².